The third-order valence-corrected chi connectivity index (χ3v) is 3.93. The largest absolute Gasteiger partial charge is 0.496 e. The van der Waals surface area contributed by atoms with E-state index >= 15 is 0 Å². The Kier molecular flexibility index (Phi) is 4.14. The topological polar surface area (TPSA) is 101 Å². The highest BCUT2D eigenvalue weighted by Crippen LogP contribution is 2.32. The Morgan fingerprint density at radius 3 is 2.88 bits per heavy atom. The molecule has 2 heterocycles. The number of rotatable bonds is 6. The van der Waals surface area contributed by atoms with Crippen molar-refractivity contribution in [2.45, 2.75) is 6.92 Å². The smallest absolute Gasteiger partial charge is 0.226 e. The highest BCUT2D eigenvalue weighted by molar-refractivity contribution is 5.82. The molecule has 132 valence electrons. The normalized spacial score (nSPS) is 10.8. The Morgan fingerprint density at radius 2 is 2.04 bits per heavy atom. The van der Waals surface area contributed by atoms with Crippen molar-refractivity contribution in [2.75, 3.05) is 19.0 Å². The van der Waals surface area contributed by atoms with Gasteiger partial charge in [0.1, 0.15) is 11.5 Å². The molecule has 2 aromatic heterocycles. The fourth-order valence-corrected chi connectivity index (χ4v) is 2.72. The maximum absolute atomic E-state index is 5.51. The number of nitrogens with zero attached hydrogens (tertiary/aromatic N) is 3. The van der Waals surface area contributed by atoms with Crippen molar-refractivity contribution >= 4 is 22.5 Å². The van der Waals surface area contributed by atoms with Crippen LogP contribution >= 0.6 is 0 Å². The third kappa shape index (κ3) is 3.04. The lowest BCUT2D eigenvalue weighted by atomic mass is 10.2. The van der Waals surface area contributed by atoms with E-state index in [1.165, 1.54) is 0 Å². The molecule has 8 heteroatoms. The van der Waals surface area contributed by atoms with E-state index in [0.717, 1.165) is 27.9 Å². The Balaban J connectivity index is 1.59. The first-order valence-corrected chi connectivity index (χ1v) is 8.21. The van der Waals surface area contributed by atoms with Gasteiger partial charge in [-0.05, 0) is 37.3 Å². The molecule has 0 aliphatic carbocycles. The lowest BCUT2D eigenvalue weighted by Gasteiger charge is -2.09. The zero-order chi connectivity index (χ0) is 17.9. The van der Waals surface area contributed by atoms with Gasteiger partial charge in [0.25, 0.3) is 0 Å². The third-order valence-electron chi connectivity index (χ3n) is 3.93. The standard InChI is InChI=1S/C18H18N6O2/c1-3-26-13-5-6-14(16(9-13)25-2)17-21-18(24-23-17)20-12-4-7-15-11(8-12)10-19-22-15/h4-10H,3H2,1-2H3,(H,19,22)(H2,20,21,23,24). The van der Waals surface area contributed by atoms with E-state index in [1.54, 1.807) is 13.3 Å². The van der Waals surface area contributed by atoms with Crippen molar-refractivity contribution in [1.29, 1.82) is 0 Å². The maximum Gasteiger partial charge on any atom is 0.226 e. The second-order valence-corrected chi connectivity index (χ2v) is 5.61. The fourth-order valence-electron chi connectivity index (χ4n) is 2.72. The molecule has 0 saturated carbocycles. The van der Waals surface area contributed by atoms with Crippen LogP contribution in [0.4, 0.5) is 11.6 Å². The fraction of sp³-hybridized carbons (Fsp3) is 0.167. The van der Waals surface area contributed by atoms with Crippen LogP contribution in [0.1, 0.15) is 6.92 Å². The minimum Gasteiger partial charge on any atom is -0.496 e. The predicted octanol–water partition coefficient (Wildman–Crippen LogP) is 3.50. The summed E-state index contributed by atoms with van der Waals surface area (Å²) >= 11 is 0. The molecule has 0 spiro atoms. The molecule has 0 fully saturated rings. The number of aromatic nitrogens is 5. The van der Waals surface area contributed by atoms with E-state index in [-0.39, 0.29) is 0 Å². The summed E-state index contributed by atoms with van der Waals surface area (Å²) in [5.74, 6) is 2.56. The van der Waals surface area contributed by atoms with E-state index in [4.69, 9.17) is 9.47 Å². The van der Waals surface area contributed by atoms with E-state index in [0.29, 0.717) is 24.1 Å². The Morgan fingerprint density at radius 1 is 1.12 bits per heavy atom. The first-order valence-electron chi connectivity index (χ1n) is 8.21. The molecule has 3 N–H and O–H groups in total. The van der Waals surface area contributed by atoms with Gasteiger partial charge in [-0.1, -0.05) is 0 Å². The molecule has 26 heavy (non-hydrogen) atoms. The number of hydrogen-bond acceptors (Lipinski definition) is 6. The summed E-state index contributed by atoms with van der Waals surface area (Å²) in [5, 5.41) is 19.5. The monoisotopic (exact) mass is 350 g/mol. The molecule has 4 aromatic rings. The maximum atomic E-state index is 5.51. The van der Waals surface area contributed by atoms with Gasteiger partial charge in [0, 0.05) is 17.1 Å². The average Bonchev–Trinajstić information content (AvgIpc) is 3.31. The number of ether oxygens (including phenoxy) is 2. The van der Waals surface area contributed by atoms with Gasteiger partial charge in [0.2, 0.25) is 5.95 Å². The number of nitrogens with one attached hydrogen (secondary N) is 3. The van der Waals surface area contributed by atoms with Crippen LogP contribution in [0.3, 0.4) is 0 Å². The quantitative estimate of drug-likeness (QED) is 0.492. The minimum atomic E-state index is 0.541. The molecular formula is C18H18N6O2. The van der Waals surface area contributed by atoms with Crippen LogP contribution in [0.5, 0.6) is 11.5 Å². The van der Waals surface area contributed by atoms with Gasteiger partial charge in [0.05, 0.1) is 31.0 Å². The lowest BCUT2D eigenvalue weighted by Crippen LogP contribution is -1.95. The summed E-state index contributed by atoms with van der Waals surface area (Å²) < 4.78 is 11.0. The van der Waals surface area contributed by atoms with E-state index < -0.39 is 0 Å². The summed E-state index contributed by atoms with van der Waals surface area (Å²) in [6.07, 6.45) is 1.77. The molecule has 0 bridgehead atoms. The number of fused-ring (bicyclic) bond motifs is 1. The number of anilines is 2. The number of methoxy groups -OCH3 is 1. The van der Waals surface area contributed by atoms with Crippen LogP contribution in [-0.2, 0) is 0 Å². The van der Waals surface area contributed by atoms with Crippen molar-refractivity contribution in [2.24, 2.45) is 0 Å². The summed E-state index contributed by atoms with van der Waals surface area (Å²) in [4.78, 5) is 3.17. The number of H-pyrrole nitrogens is 2. The highest BCUT2D eigenvalue weighted by Gasteiger charge is 2.12. The highest BCUT2D eigenvalue weighted by atomic mass is 16.5. The molecule has 0 aliphatic heterocycles. The molecule has 0 radical (unpaired) electrons. The van der Waals surface area contributed by atoms with Crippen molar-refractivity contribution in [3.8, 4) is 22.9 Å². The summed E-state index contributed by atoms with van der Waals surface area (Å²) in [5.41, 5.74) is 2.68. The van der Waals surface area contributed by atoms with Crippen molar-refractivity contribution in [1.82, 2.24) is 25.4 Å². The average molecular weight is 350 g/mol. The number of hydrogen-bond donors (Lipinski definition) is 3. The van der Waals surface area contributed by atoms with Crippen molar-refractivity contribution in [3.05, 3.63) is 42.6 Å². The number of aromatic amines is 2. The van der Waals surface area contributed by atoms with Gasteiger partial charge < -0.3 is 19.8 Å². The van der Waals surface area contributed by atoms with E-state index in [9.17, 15) is 0 Å². The van der Waals surface area contributed by atoms with Crippen LogP contribution in [0.25, 0.3) is 22.3 Å². The Hall–Kier alpha value is -3.55. The second-order valence-electron chi connectivity index (χ2n) is 5.61. The zero-order valence-corrected chi connectivity index (χ0v) is 14.4. The Labute approximate surface area is 149 Å². The first kappa shape index (κ1) is 15.9. The van der Waals surface area contributed by atoms with Crippen LogP contribution in [0.2, 0.25) is 0 Å². The van der Waals surface area contributed by atoms with Crippen LogP contribution < -0.4 is 14.8 Å². The number of benzene rings is 2. The zero-order valence-electron chi connectivity index (χ0n) is 14.4. The summed E-state index contributed by atoms with van der Waals surface area (Å²) in [6.45, 7) is 2.54. The molecule has 0 unspecified atom stereocenters. The predicted molar refractivity (Wildman–Crippen MR) is 98.9 cm³/mol. The molecule has 0 aliphatic rings. The molecule has 0 atom stereocenters. The van der Waals surface area contributed by atoms with Gasteiger partial charge in [0.15, 0.2) is 5.82 Å². The molecule has 2 aromatic carbocycles. The van der Waals surface area contributed by atoms with Gasteiger partial charge in [-0.2, -0.15) is 5.10 Å². The minimum absolute atomic E-state index is 0.541. The van der Waals surface area contributed by atoms with Gasteiger partial charge in [-0.15, -0.1) is 10.2 Å². The van der Waals surface area contributed by atoms with Crippen LogP contribution in [0.15, 0.2) is 42.6 Å². The van der Waals surface area contributed by atoms with E-state index in [2.05, 4.69) is 30.7 Å². The summed E-state index contributed by atoms with van der Waals surface area (Å²) in [7, 11) is 1.62. The lowest BCUT2D eigenvalue weighted by molar-refractivity contribution is 0.336. The van der Waals surface area contributed by atoms with Crippen molar-refractivity contribution in [3.63, 3.8) is 0 Å². The van der Waals surface area contributed by atoms with Crippen LogP contribution in [-0.4, -0.2) is 39.1 Å². The van der Waals surface area contributed by atoms with Gasteiger partial charge in [-0.3, -0.25) is 5.10 Å². The first-order chi connectivity index (χ1) is 12.8. The summed E-state index contributed by atoms with van der Waals surface area (Å²) in [6, 6.07) is 11.5. The molecule has 8 nitrogen and oxygen atoms in total. The molecular weight excluding hydrogens is 332 g/mol. The van der Waals surface area contributed by atoms with Crippen LogP contribution in [0, 0.1) is 0 Å². The van der Waals surface area contributed by atoms with Crippen molar-refractivity contribution < 1.29 is 9.47 Å². The molecule has 0 amide bonds. The molecule has 4 rings (SSSR count). The van der Waals surface area contributed by atoms with Gasteiger partial charge >= 0.3 is 0 Å². The molecule has 0 saturated heterocycles. The van der Waals surface area contributed by atoms with E-state index in [1.807, 2.05) is 43.3 Å². The SMILES string of the molecule is CCOc1ccc(-c2nnc(Nc3ccc4[nH]ncc4c3)[nH]2)c(OC)c1. The Bertz CT molecular complexity index is 1040. The second kappa shape index (κ2) is 6.75. The van der Waals surface area contributed by atoms with Gasteiger partial charge in [-0.25, -0.2) is 0 Å².